The summed E-state index contributed by atoms with van der Waals surface area (Å²) in [5, 5.41) is 9.57. The normalized spacial score (nSPS) is 20.4. The van der Waals surface area contributed by atoms with Crippen LogP contribution in [0.3, 0.4) is 0 Å². The van der Waals surface area contributed by atoms with E-state index in [1.54, 1.807) is 19.0 Å². The van der Waals surface area contributed by atoms with Crippen molar-refractivity contribution >= 4 is 35.5 Å². The zero-order chi connectivity index (χ0) is 18.1. The molecule has 0 aromatic carbocycles. The van der Waals surface area contributed by atoms with Gasteiger partial charge >= 0.3 is 0 Å². The van der Waals surface area contributed by atoms with Gasteiger partial charge in [0.15, 0.2) is 17.6 Å². The Morgan fingerprint density at radius 1 is 1.04 bits per heavy atom. The Hall–Kier alpha value is -3.76. The van der Waals surface area contributed by atoms with Crippen LogP contribution < -0.4 is 16.0 Å². The average molecular weight is 364 g/mol. The quantitative estimate of drug-likeness (QED) is 0.514. The molecule has 0 aliphatic carbocycles. The molecular weight excluding hydrogens is 348 g/mol. The Morgan fingerprint density at radius 2 is 1.93 bits per heavy atom. The topological polar surface area (TPSA) is 141 Å². The average Bonchev–Trinajstić information content (AvgIpc) is 3.44. The molecule has 0 radical (unpaired) electrons. The number of hydrogen-bond acceptors (Lipinski definition) is 10. The highest BCUT2D eigenvalue weighted by atomic mass is 16.3. The number of nitrogens with one attached hydrogen (secondary N) is 4. The molecule has 0 amide bonds. The van der Waals surface area contributed by atoms with E-state index >= 15 is 0 Å². The highest BCUT2D eigenvalue weighted by Crippen LogP contribution is 2.17. The molecule has 11 heteroatoms. The van der Waals surface area contributed by atoms with Gasteiger partial charge in [0.2, 0.25) is 0 Å². The van der Waals surface area contributed by atoms with Crippen LogP contribution in [0.1, 0.15) is 11.5 Å². The van der Waals surface area contributed by atoms with Gasteiger partial charge in [0.05, 0.1) is 25.8 Å². The number of furan rings is 1. The van der Waals surface area contributed by atoms with E-state index in [0.29, 0.717) is 30.1 Å². The fourth-order valence-corrected chi connectivity index (χ4v) is 2.97. The fourth-order valence-electron chi connectivity index (χ4n) is 2.97. The molecule has 2 unspecified atom stereocenters. The third-order valence-electron chi connectivity index (χ3n) is 4.29. The molecule has 11 nitrogen and oxygen atoms in total. The molecule has 0 spiro atoms. The summed E-state index contributed by atoms with van der Waals surface area (Å²) in [5.41, 5.74) is 1.39. The lowest BCUT2D eigenvalue weighted by molar-refractivity contribution is 0.464. The number of imidazole rings is 1. The number of aromatic amines is 1. The van der Waals surface area contributed by atoms with Crippen LogP contribution in [0, 0.1) is 0 Å². The molecule has 2 aliphatic rings. The van der Waals surface area contributed by atoms with Gasteiger partial charge < -0.3 is 25.4 Å². The summed E-state index contributed by atoms with van der Waals surface area (Å²) in [5.74, 6) is 3.02. The van der Waals surface area contributed by atoms with Gasteiger partial charge in [-0.15, -0.1) is 0 Å². The number of anilines is 1. The first-order chi connectivity index (χ1) is 13.4. The summed E-state index contributed by atoms with van der Waals surface area (Å²) in [6.07, 6.45) is 6.21. The van der Waals surface area contributed by atoms with Gasteiger partial charge in [0, 0.05) is 0 Å². The van der Waals surface area contributed by atoms with Crippen molar-refractivity contribution in [1.29, 1.82) is 0 Å². The minimum absolute atomic E-state index is 0.0758. The minimum Gasteiger partial charge on any atom is -0.462 e. The molecule has 0 fully saturated rings. The van der Waals surface area contributed by atoms with Crippen molar-refractivity contribution < 1.29 is 4.42 Å². The van der Waals surface area contributed by atoms with Crippen LogP contribution >= 0.6 is 0 Å². The molecule has 3 aromatic heterocycles. The van der Waals surface area contributed by atoms with Gasteiger partial charge in [-0.3, -0.25) is 4.99 Å². The molecule has 3 aromatic rings. The second-order valence-electron chi connectivity index (χ2n) is 6.01. The van der Waals surface area contributed by atoms with Crippen LogP contribution in [0.2, 0.25) is 0 Å². The van der Waals surface area contributed by atoms with E-state index in [4.69, 9.17) is 4.42 Å². The molecule has 4 N–H and O–H groups in total. The van der Waals surface area contributed by atoms with E-state index in [2.05, 4.69) is 50.9 Å². The Bertz CT molecular complexity index is 1050. The Morgan fingerprint density at radius 3 is 2.85 bits per heavy atom. The molecule has 2 aliphatic heterocycles. The highest BCUT2D eigenvalue weighted by molar-refractivity contribution is 5.97. The molecule has 0 saturated carbocycles. The Balaban J connectivity index is 1.20. The molecule has 5 heterocycles. The van der Waals surface area contributed by atoms with E-state index < -0.39 is 0 Å². The second kappa shape index (κ2) is 6.52. The first kappa shape index (κ1) is 15.5. The van der Waals surface area contributed by atoms with E-state index in [1.165, 1.54) is 6.33 Å². The van der Waals surface area contributed by atoms with E-state index in [-0.39, 0.29) is 12.2 Å². The summed E-state index contributed by atoms with van der Waals surface area (Å²) >= 11 is 0. The summed E-state index contributed by atoms with van der Waals surface area (Å²) in [4.78, 5) is 28.4. The van der Waals surface area contributed by atoms with E-state index in [1.807, 2.05) is 12.1 Å². The number of hydrogen-bond donors (Lipinski definition) is 4. The number of aromatic nitrogens is 4. The zero-order valence-corrected chi connectivity index (χ0v) is 14.1. The second-order valence-corrected chi connectivity index (χ2v) is 6.01. The number of nitrogens with zero attached hydrogens (tertiary/aromatic N) is 6. The zero-order valence-electron chi connectivity index (χ0n) is 14.1. The summed E-state index contributed by atoms with van der Waals surface area (Å²) in [7, 11) is 0. The van der Waals surface area contributed by atoms with Crippen LogP contribution in [0.25, 0.3) is 11.2 Å². The predicted molar refractivity (Wildman–Crippen MR) is 99.7 cm³/mol. The van der Waals surface area contributed by atoms with Gasteiger partial charge in [-0.1, -0.05) is 0 Å². The van der Waals surface area contributed by atoms with Crippen molar-refractivity contribution in [2.75, 3.05) is 5.32 Å². The monoisotopic (exact) mass is 364 g/mol. The van der Waals surface area contributed by atoms with Gasteiger partial charge in [-0.05, 0) is 12.1 Å². The Labute approximate surface area is 153 Å². The molecule has 0 saturated heterocycles. The van der Waals surface area contributed by atoms with Crippen LogP contribution in [0.15, 0.2) is 44.2 Å². The van der Waals surface area contributed by atoms with Crippen molar-refractivity contribution in [3.63, 3.8) is 0 Å². The van der Waals surface area contributed by atoms with Crippen molar-refractivity contribution in [3.05, 3.63) is 36.3 Å². The lowest BCUT2D eigenvalue weighted by atomic mass is 10.2. The standard InChI is InChI=1S/C16H16N10O/c1-2-10(4-18-14-12-16(22-6-20-12)26-8-24-14)27-9(1)3-17-13-11-15(21-5-19-11)25-7-23-13/h1-2,5-8,11,15H,3-4H2,(H,19,21)(H,17,23,25)(H2,18,20,22,24,26). The van der Waals surface area contributed by atoms with E-state index in [0.717, 1.165) is 17.4 Å². The SMILES string of the molecule is C1=NC2NC=NC2C(NCc2ccc(CNc3ncnc4[nH]cnc34)o2)=N1. The molecule has 27 heavy (non-hydrogen) atoms. The summed E-state index contributed by atoms with van der Waals surface area (Å²) < 4.78 is 5.86. The van der Waals surface area contributed by atoms with Crippen molar-refractivity contribution in [2.24, 2.45) is 15.0 Å². The van der Waals surface area contributed by atoms with Gasteiger partial charge in [-0.2, -0.15) is 0 Å². The van der Waals surface area contributed by atoms with E-state index in [9.17, 15) is 0 Å². The Kier molecular flexibility index (Phi) is 3.74. The third kappa shape index (κ3) is 2.99. The van der Waals surface area contributed by atoms with Crippen LogP contribution in [-0.4, -0.2) is 50.7 Å². The van der Waals surface area contributed by atoms with Crippen LogP contribution in [0.5, 0.6) is 0 Å². The lowest BCUT2D eigenvalue weighted by Gasteiger charge is -2.19. The molecular formula is C16H16N10O. The van der Waals surface area contributed by atoms with Crippen molar-refractivity contribution in [1.82, 2.24) is 30.6 Å². The number of rotatable bonds is 5. The van der Waals surface area contributed by atoms with Crippen molar-refractivity contribution in [3.8, 4) is 0 Å². The summed E-state index contributed by atoms with van der Waals surface area (Å²) in [6.45, 7) is 1.01. The molecule has 136 valence electrons. The number of aliphatic imine (C=N–C) groups is 3. The van der Waals surface area contributed by atoms with Gasteiger partial charge in [0.25, 0.3) is 0 Å². The number of H-pyrrole nitrogens is 1. The highest BCUT2D eigenvalue weighted by Gasteiger charge is 2.30. The fraction of sp³-hybridized carbons (Fsp3) is 0.250. The lowest BCUT2D eigenvalue weighted by Crippen LogP contribution is -2.44. The third-order valence-corrected chi connectivity index (χ3v) is 4.29. The minimum atomic E-state index is -0.111. The van der Waals surface area contributed by atoms with Gasteiger partial charge in [-0.25, -0.2) is 24.9 Å². The van der Waals surface area contributed by atoms with Crippen LogP contribution in [0.4, 0.5) is 5.82 Å². The maximum absolute atomic E-state index is 5.86. The number of amidine groups is 1. The first-order valence-corrected chi connectivity index (χ1v) is 8.43. The summed E-state index contributed by atoms with van der Waals surface area (Å²) in [6, 6.07) is 3.74. The molecule has 0 bridgehead atoms. The maximum Gasteiger partial charge on any atom is 0.162 e. The van der Waals surface area contributed by atoms with Crippen molar-refractivity contribution in [2.45, 2.75) is 25.3 Å². The van der Waals surface area contributed by atoms with Gasteiger partial charge in [0.1, 0.15) is 41.6 Å². The maximum atomic E-state index is 5.86. The predicted octanol–water partition coefficient (Wildman–Crippen LogP) is 0.414. The smallest absolute Gasteiger partial charge is 0.162 e. The largest absolute Gasteiger partial charge is 0.462 e. The first-order valence-electron chi connectivity index (χ1n) is 8.43. The molecule has 5 rings (SSSR count). The van der Waals surface area contributed by atoms with Crippen LogP contribution in [-0.2, 0) is 13.1 Å². The molecule has 2 atom stereocenters. The number of fused-ring (bicyclic) bond motifs is 2.